The first-order valence-electron chi connectivity index (χ1n) is 9.69. The minimum Gasteiger partial charge on any atom is -0.299 e. The maximum Gasteiger partial charge on any atom is 0.254 e. The Balaban J connectivity index is 1.63. The Bertz CT molecular complexity index is 1550. The highest BCUT2D eigenvalue weighted by atomic mass is 32.2. The monoisotopic (exact) mass is 445 g/mol. The summed E-state index contributed by atoms with van der Waals surface area (Å²) >= 11 is 0. The van der Waals surface area contributed by atoms with E-state index in [-0.39, 0.29) is 0 Å². The predicted octanol–water partition coefficient (Wildman–Crippen LogP) is 3.50. The summed E-state index contributed by atoms with van der Waals surface area (Å²) in [5, 5.41) is 9.36. The zero-order valence-corrected chi connectivity index (χ0v) is 17.9. The molecule has 1 N–H and O–H groups in total. The van der Waals surface area contributed by atoms with E-state index in [9.17, 15) is 8.42 Å². The molecular weight excluding hydrogens is 426 g/mol. The molecule has 0 saturated carbocycles. The van der Waals surface area contributed by atoms with Crippen molar-refractivity contribution < 1.29 is 8.42 Å². The fourth-order valence-electron chi connectivity index (χ4n) is 3.52. The number of imidazole rings is 1. The van der Waals surface area contributed by atoms with Crippen molar-refractivity contribution in [1.82, 2.24) is 29.1 Å². The number of aryl methyl sites for hydroxylation is 1. The van der Waals surface area contributed by atoms with Gasteiger partial charge in [-0.2, -0.15) is 10.2 Å². The van der Waals surface area contributed by atoms with Crippen LogP contribution in [-0.2, 0) is 17.1 Å². The molecule has 10 heteroatoms. The van der Waals surface area contributed by atoms with Crippen LogP contribution in [0.3, 0.4) is 0 Å². The topological polar surface area (TPSA) is 99.6 Å². The van der Waals surface area contributed by atoms with Crippen molar-refractivity contribution in [1.29, 1.82) is 0 Å². The fraction of sp³-hybridized carbons (Fsp3) is 0.0455. The zero-order valence-electron chi connectivity index (χ0n) is 17.1. The Hall–Kier alpha value is -4.18. The first-order chi connectivity index (χ1) is 15.4. The molecule has 0 amide bonds. The lowest BCUT2D eigenvalue weighted by atomic mass is 10.1. The second-order valence-corrected chi connectivity index (χ2v) is 8.85. The second-order valence-electron chi connectivity index (χ2n) is 7.22. The molecule has 2 aromatic carbocycles. The minimum atomic E-state index is -3.67. The molecule has 0 atom stereocenters. The number of sulfonamides is 1. The van der Waals surface area contributed by atoms with Gasteiger partial charge in [-0.1, -0.05) is 12.6 Å². The molecule has 0 aliphatic carbocycles. The third kappa shape index (κ3) is 3.67. The summed E-state index contributed by atoms with van der Waals surface area (Å²) in [4.78, 5) is 4.56. The molecular formula is C22H19N7O2S. The summed E-state index contributed by atoms with van der Waals surface area (Å²) in [5.41, 5.74) is 5.53. The van der Waals surface area contributed by atoms with Gasteiger partial charge in [0.25, 0.3) is 10.0 Å². The number of nitrogens with one attached hydrogen (secondary N) is 1. The number of anilines is 1. The molecule has 0 radical (unpaired) electrons. The highest BCUT2D eigenvalue weighted by Crippen LogP contribution is 2.28. The van der Waals surface area contributed by atoms with Gasteiger partial charge in [0.15, 0.2) is 0 Å². The van der Waals surface area contributed by atoms with Crippen molar-refractivity contribution in [2.75, 3.05) is 4.72 Å². The maximum atomic E-state index is 12.1. The second kappa shape index (κ2) is 7.50. The van der Waals surface area contributed by atoms with E-state index in [2.05, 4.69) is 26.5 Å². The van der Waals surface area contributed by atoms with Gasteiger partial charge in [0.05, 0.1) is 34.3 Å². The molecule has 0 aliphatic heterocycles. The van der Waals surface area contributed by atoms with Crippen LogP contribution in [0.4, 0.5) is 5.69 Å². The van der Waals surface area contributed by atoms with Crippen LogP contribution in [0.2, 0.25) is 0 Å². The first-order valence-corrected chi connectivity index (χ1v) is 11.2. The molecule has 3 aromatic heterocycles. The van der Waals surface area contributed by atoms with Crippen LogP contribution in [-0.4, -0.2) is 37.5 Å². The van der Waals surface area contributed by atoms with Gasteiger partial charge in [0.1, 0.15) is 6.33 Å². The molecule has 0 saturated heterocycles. The number of benzene rings is 2. The van der Waals surface area contributed by atoms with Gasteiger partial charge in [-0.3, -0.25) is 14.0 Å². The summed E-state index contributed by atoms with van der Waals surface area (Å²) in [5.74, 6) is 0. The third-order valence-corrected chi connectivity index (χ3v) is 5.97. The number of hydrogen-bond acceptors (Lipinski definition) is 5. The molecule has 160 valence electrons. The van der Waals surface area contributed by atoms with Crippen LogP contribution in [0.15, 0.2) is 85.6 Å². The van der Waals surface area contributed by atoms with Crippen molar-refractivity contribution in [2.45, 2.75) is 0 Å². The summed E-state index contributed by atoms with van der Waals surface area (Å²) < 4.78 is 32.0. The number of hydrogen-bond donors (Lipinski definition) is 1. The number of rotatable bonds is 6. The molecule has 5 aromatic rings. The number of nitrogens with zero attached hydrogens (tertiary/aromatic N) is 6. The maximum absolute atomic E-state index is 12.1. The van der Waals surface area contributed by atoms with Crippen LogP contribution in [0.5, 0.6) is 0 Å². The minimum absolute atomic E-state index is 0.390. The molecule has 5 rings (SSSR count). The van der Waals surface area contributed by atoms with E-state index in [1.54, 1.807) is 46.3 Å². The van der Waals surface area contributed by atoms with E-state index >= 15 is 0 Å². The van der Waals surface area contributed by atoms with E-state index in [1.807, 2.05) is 48.3 Å². The summed E-state index contributed by atoms with van der Waals surface area (Å²) in [6, 6.07) is 13.2. The highest BCUT2D eigenvalue weighted by molar-refractivity contribution is 7.95. The van der Waals surface area contributed by atoms with Crippen LogP contribution in [0.1, 0.15) is 0 Å². The Morgan fingerprint density at radius 2 is 1.91 bits per heavy atom. The van der Waals surface area contributed by atoms with E-state index in [0.717, 1.165) is 33.3 Å². The van der Waals surface area contributed by atoms with Gasteiger partial charge in [0.2, 0.25) is 0 Å². The van der Waals surface area contributed by atoms with Gasteiger partial charge in [-0.05, 0) is 42.0 Å². The summed E-state index contributed by atoms with van der Waals surface area (Å²) in [6.45, 7) is 3.36. The normalized spacial score (nSPS) is 11.7. The number of aromatic nitrogens is 6. The third-order valence-electron chi connectivity index (χ3n) is 5.01. The molecule has 32 heavy (non-hydrogen) atoms. The van der Waals surface area contributed by atoms with E-state index in [0.29, 0.717) is 11.4 Å². The predicted molar refractivity (Wildman–Crippen MR) is 123 cm³/mol. The Morgan fingerprint density at radius 1 is 1.06 bits per heavy atom. The van der Waals surface area contributed by atoms with Crippen LogP contribution in [0.25, 0.3) is 33.5 Å². The quantitative estimate of drug-likeness (QED) is 0.431. The lowest BCUT2D eigenvalue weighted by Gasteiger charge is -2.12. The van der Waals surface area contributed by atoms with Gasteiger partial charge in [-0.25, -0.2) is 18.1 Å². The van der Waals surface area contributed by atoms with E-state index in [1.165, 1.54) is 0 Å². The van der Waals surface area contributed by atoms with Crippen LogP contribution >= 0.6 is 0 Å². The lowest BCUT2D eigenvalue weighted by Crippen LogP contribution is -2.10. The summed E-state index contributed by atoms with van der Waals surface area (Å²) in [7, 11) is -1.79. The first kappa shape index (κ1) is 19.8. The van der Waals surface area contributed by atoms with Crippen molar-refractivity contribution >= 4 is 26.7 Å². The van der Waals surface area contributed by atoms with Crippen molar-refractivity contribution in [2.24, 2.45) is 7.05 Å². The molecule has 0 aliphatic rings. The van der Waals surface area contributed by atoms with Gasteiger partial charge in [-0.15, -0.1) is 0 Å². The van der Waals surface area contributed by atoms with Crippen molar-refractivity contribution in [3.05, 3.63) is 85.6 Å². The largest absolute Gasteiger partial charge is 0.299 e. The molecule has 0 spiro atoms. The fourth-order valence-corrected chi connectivity index (χ4v) is 4.05. The zero-order chi connectivity index (χ0) is 22.3. The molecule has 0 fully saturated rings. The average molecular weight is 446 g/mol. The standard InChI is InChI=1S/C22H19N7O2S/c1-3-32(30,31)26-18-10-19(12-20(11-18)29-8-4-7-24-29)28-15-23-21-9-16(5-6-22(21)28)17-13-25-27(2)14-17/h3-15,26H,1H2,2H3. The number of fused-ring (bicyclic) bond motifs is 1. The van der Waals surface area contributed by atoms with Crippen LogP contribution < -0.4 is 4.72 Å². The van der Waals surface area contributed by atoms with E-state index < -0.39 is 10.0 Å². The van der Waals surface area contributed by atoms with Crippen molar-refractivity contribution in [3.63, 3.8) is 0 Å². The highest BCUT2D eigenvalue weighted by Gasteiger charge is 2.12. The average Bonchev–Trinajstić information content (AvgIpc) is 3.53. The van der Waals surface area contributed by atoms with E-state index in [4.69, 9.17) is 0 Å². The molecule has 9 nitrogen and oxygen atoms in total. The van der Waals surface area contributed by atoms with Gasteiger partial charge >= 0.3 is 0 Å². The Labute approximate surface area is 184 Å². The lowest BCUT2D eigenvalue weighted by molar-refractivity contribution is 0.609. The van der Waals surface area contributed by atoms with Crippen LogP contribution in [0, 0.1) is 0 Å². The molecule has 3 heterocycles. The smallest absolute Gasteiger partial charge is 0.254 e. The summed E-state index contributed by atoms with van der Waals surface area (Å²) in [6.07, 6.45) is 8.92. The van der Waals surface area contributed by atoms with Gasteiger partial charge < -0.3 is 0 Å². The Kier molecular flexibility index (Phi) is 4.63. The Morgan fingerprint density at radius 3 is 2.62 bits per heavy atom. The SMILES string of the molecule is C=CS(=O)(=O)Nc1cc(-n2cccn2)cc(-n2cnc3cc(-c4cnn(C)c4)ccc32)c1. The van der Waals surface area contributed by atoms with Gasteiger partial charge in [0, 0.05) is 36.6 Å². The van der Waals surface area contributed by atoms with Crippen molar-refractivity contribution in [3.8, 4) is 22.5 Å². The molecule has 0 unspecified atom stereocenters. The molecule has 0 bridgehead atoms.